The molecular formula is C21H25ClN2. The van der Waals surface area contributed by atoms with E-state index in [0.717, 1.165) is 0 Å². The number of allylic oxidation sites excluding steroid dienone is 1. The minimum atomic E-state index is 0. The fourth-order valence-corrected chi connectivity index (χ4v) is 3.36. The van der Waals surface area contributed by atoms with Crippen LogP contribution in [0.5, 0.6) is 0 Å². The summed E-state index contributed by atoms with van der Waals surface area (Å²) in [5.41, 5.74) is 6.51. The van der Waals surface area contributed by atoms with Crippen molar-refractivity contribution in [2.75, 3.05) is 26.0 Å². The van der Waals surface area contributed by atoms with E-state index in [4.69, 9.17) is 0 Å². The van der Waals surface area contributed by atoms with Gasteiger partial charge in [0.25, 0.3) is 0 Å². The van der Waals surface area contributed by atoms with Gasteiger partial charge in [-0.3, -0.25) is 0 Å². The molecule has 2 aromatic carbocycles. The summed E-state index contributed by atoms with van der Waals surface area (Å²) < 4.78 is 2.31. The third-order valence-corrected chi connectivity index (χ3v) is 4.78. The average molecular weight is 341 g/mol. The maximum Gasteiger partial charge on any atom is 0.209 e. The van der Waals surface area contributed by atoms with Gasteiger partial charge in [0, 0.05) is 37.5 Å². The zero-order valence-corrected chi connectivity index (χ0v) is 15.8. The lowest BCUT2D eigenvalue weighted by molar-refractivity contribution is -0.401. The Hall–Kier alpha value is -2.06. The van der Waals surface area contributed by atoms with Crippen LogP contribution in [0, 0.1) is 0 Å². The number of hydrogen-bond acceptors (Lipinski definition) is 1. The third-order valence-electron chi connectivity index (χ3n) is 4.78. The molecule has 0 saturated heterocycles. The smallest absolute Gasteiger partial charge is 0.209 e. The normalized spacial score (nSPS) is 15.4. The van der Waals surface area contributed by atoms with E-state index in [1.54, 1.807) is 0 Å². The Labute approximate surface area is 151 Å². The van der Waals surface area contributed by atoms with Gasteiger partial charge in [-0.2, -0.15) is 4.58 Å². The standard InChI is InChI=1S/C21H25N2.ClH/c1-21(2)18-8-6-7-9-19(18)23(5)20(21)15-12-16-10-13-17(14-11-16)22(3)4;/h6-15H,1-5H3;1H/q+1;/p-1. The Morgan fingerprint density at radius 2 is 1.54 bits per heavy atom. The van der Waals surface area contributed by atoms with Crippen LogP contribution in [0.25, 0.3) is 6.08 Å². The second-order valence-electron chi connectivity index (χ2n) is 6.91. The molecule has 3 heteroatoms. The summed E-state index contributed by atoms with van der Waals surface area (Å²) in [6, 6.07) is 17.3. The van der Waals surface area contributed by atoms with Gasteiger partial charge in [-0.15, -0.1) is 0 Å². The van der Waals surface area contributed by atoms with Crippen molar-refractivity contribution in [1.82, 2.24) is 0 Å². The highest BCUT2D eigenvalue weighted by molar-refractivity contribution is 6.05. The summed E-state index contributed by atoms with van der Waals surface area (Å²) in [7, 11) is 6.28. The van der Waals surface area contributed by atoms with Crippen molar-refractivity contribution in [3.63, 3.8) is 0 Å². The first-order chi connectivity index (χ1) is 10.9. The van der Waals surface area contributed by atoms with E-state index in [-0.39, 0.29) is 17.8 Å². The first-order valence-corrected chi connectivity index (χ1v) is 8.07. The Bertz CT molecular complexity index is 784. The average Bonchev–Trinajstić information content (AvgIpc) is 2.73. The number of para-hydroxylation sites is 1. The molecule has 1 aliphatic heterocycles. The lowest BCUT2D eigenvalue weighted by Gasteiger charge is -2.15. The van der Waals surface area contributed by atoms with E-state index < -0.39 is 0 Å². The summed E-state index contributed by atoms with van der Waals surface area (Å²) in [4.78, 5) is 2.12. The second-order valence-corrected chi connectivity index (χ2v) is 6.91. The SMILES string of the molecule is CN(C)c1ccc(/C=C/C2=[N+](C)c3ccccc3C2(C)C)cc1.[Cl-]. The van der Waals surface area contributed by atoms with E-state index in [9.17, 15) is 0 Å². The predicted octanol–water partition coefficient (Wildman–Crippen LogP) is 1.48. The molecule has 0 aliphatic carbocycles. The molecule has 0 radical (unpaired) electrons. The number of hydrogen-bond donors (Lipinski definition) is 0. The van der Waals surface area contributed by atoms with Gasteiger partial charge in [0.15, 0.2) is 5.71 Å². The van der Waals surface area contributed by atoms with E-state index in [1.165, 1.54) is 28.2 Å². The van der Waals surface area contributed by atoms with Gasteiger partial charge in [0.1, 0.15) is 7.05 Å². The molecule has 2 aromatic rings. The van der Waals surface area contributed by atoms with Crippen molar-refractivity contribution in [2.45, 2.75) is 19.3 Å². The van der Waals surface area contributed by atoms with Crippen LogP contribution in [0.15, 0.2) is 54.6 Å². The largest absolute Gasteiger partial charge is 1.00 e. The van der Waals surface area contributed by atoms with E-state index >= 15 is 0 Å². The number of rotatable bonds is 3. The maximum absolute atomic E-state index is 2.31. The van der Waals surface area contributed by atoms with Crippen LogP contribution in [-0.4, -0.2) is 31.4 Å². The highest BCUT2D eigenvalue weighted by atomic mass is 35.5. The number of benzene rings is 2. The molecule has 0 N–H and O–H groups in total. The maximum atomic E-state index is 2.31. The first kappa shape index (κ1) is 18.3. The number of anilines is 1. The van der Waals surface area contributed by atoms with Crippen LogP contribution < -0.4 is 17.3 Å². The van der Waals surface area contributed by atoms with Crippen molar-refractivity contribution in [1.29, 1.82) is 0 Å². The van der Waals surface area contributed by atoms with Gasteiger partial charge >= 0.3 is 0 Å². The quantitative estimate of drug-likeness (QED) is 0.767. The van der Waals surface area contributed by atoms with Crippen LogP contribution in [0.4, 0.5) is 11.4 Å². The Morgan fingerprint density at radius 3 is 2.12 bits per heavy atom. The molecule has 0 fully saturated rings. The molecule has 0 atom stereocenters. The Kier molecular flexibility index (Phi) is 5.19. The molecule has 0 aromatic heterocycles. The molecule has 0 saturated carbocycles. The van der Waals surface area contributed by atoms with Crippen LogP contribution in [0.3, 0.4) is 0 Å². The Balaban J connectivity index is 0.00000208. The fourth-order valence-electron chi connectivity index (χ4n) is 3.36. The van der Waals surface area contributed by atoms with Crippen LogP contribution >= 0.6 is 0 Å². The molecule has 0 unspecified atom stereocenters. The van der Waals surface area contributed by atoms with Crippen molar-refractivity contribution in [3.05, 3.63) is 65.7 Å². The first-order valence-electron chi connectivity index (χ1n) is 8.07. The van der Waals surface area contributed by atoms with Gasteiger partial charge in [-0.25, -0.2) is 0 Å². The van der Waals surface area contributed by atoms with Gasteiger partial charge in [-0.1, -0.05) is 30.3 Å². The highest BCUT2D eigenvalue weighted by Gasteiger charge is 2.42. The summed E-state index contributed by atoms with van der Waals surface area (Å²) in [6.45, 7) is 4.59. The number of halogens is 1. The lowest BCUT2D eigenvalue weighted by atomic mass is 9.81. The molecule has 0 spiro atoms. The molecule has 2 nitrogen and oxygen atoms in total. The zero-order chi connectivity index (χ0) is 16.6. The fraction of sp³-hybridized carbons (Fsp3) is 0.286. The molecule has 3 rings (SSSR count). The van der Waals surface area contributed by atoms with Crippen LogP contribution in [0.2, 0.25) is 0 Å². The second kappa shape index (κ2) is 6.82. The van der Waals surface area contributed by atoms with E-state index in [2.05, 4.69) is 105 Å². The van der Waals surface area contributed by atoms with Crippen LogP contribution in [0.1, 0.15) is 25.0 Å². The van der Waals surface area contributed by atoms with Crippen molar-refractivity contribution in [2.24, 2.45) is 0 Å². The summed E-state index contributed by atoms with van der Waals surface area (Å²) in [5.74, 6) is 0. The molecule has 126 valence electrons. The molecule has 24 heavy (non-hydrogen) atoms. The van der Waals surface area contributed by atoms with E-state index in [1.807, 2.05) is 0 Å². The van der Waals surface area contributed by atoms with Crippen molar-refractivity contribution >= 4 is 23.2 Å². The van der Waals surface area contributed by atoms with Gasteiger partial charge in [0.2, 0.25) is 5.69 Å². The molecule has 0 bridgehead atoms. The lowest BCUT2D eigenvalue weighted by Crippen LogP contribution is -3.00. The summed E-state index contributed by atoms with van der Waals surface area (Å²) in [6.07, 6.45) is 4.46. The van der Waals surface area contributed by atoms with Crippen molar-refractivity contribution < 1.29 is 17.0 Å². The van der Waals surface area contributed by atoms with Crippen molar-refractivity contribution in [3.8, 4) is 0 Å². The van der Waals surface area contributed by atoms with Gasteiger partial charge in [0.05, 0.1) is 5.41 Å². The Morgan fingerprint density at radius 1 is 0.917 bits per heavy atom. The predicted molar refractivity (Wildman–Crippen MR) is 100 cm³/mol. The number of fused-ring (bicyclic) bond motifs is 1. The third kappa shape index (κ3) is 3.11. The summed E-state index contributed by atoms with van der Waals surface area (Å²) >= 11 is 0. The highest BCUT2D eigenvalue weighted by Crippen LogP contribution is 2.39. The molecule has 1 aliphatic rings. The van der Waals surface area contributed by atoms with Crippen LogP contribution in [-0.2, 0) is 5.41 Å². The minimum Gasteiger partial charge on any atom is -1.00 e. The molecule has 0 amide bonds. The van der Waals surface area contributed by atoms with Gasteiger partial charge in [-0.05, 0) is 37.6 Å². The van der Waals surface area contributed by atoms with E-state index in [0.29, 0.717) is 0 Å². The zero-order valence-electron chi connectivity index (χ0n) is 15.0. The monoisotopic (exact) mass is 340 g/mol. The number of nitrogens with zero attached hydrogens (tertiary/aromatic N) is 2. The topological polar surface area (TPSA) is 6.25 Å². The molecular weight excluding hydrogens is 316 g/mol. The van der Waals surface area contributed by atoms with Gasteiger partial charge < -0.3 is 17.3 Å². The molecule has 1 heterocycles. The minimum absolute atomic E-state index is 0. The summed E-state index contributed by atoms with van der Waals surface area (Å²) in [5, 5.41) is 0.